The molecule has 1 atom stereocenters. The Labute approximate surface area is 98.8 Å². The van der Waals surface area contributed by atoms with Gasteiger partial charge in [-0.1, -0.05) is 6.92 Å². The second-order valence-electron chi connectivity index (χ2n) is 5.72. The lowest BCUT2D eigenvalue weighted by molar-refractivity contribution is -0.126. The molecule has 16 heavy (non-hydrogen) atoms. The largest absolute Gasteiger partial charge is 0.345 e. The topological polar surface area (TPSA) is 23.6 Å². The van der Waals surface area contributed by atoms with Gasteiger partial charge in [0.1, 0.15) is 0 Å². The maximum Gasteiger partial charge on any atom is 0.222 e. The van der Waals surface area contributed by atoms with Crippen LogP contribution in [0.15, 0.2) is 0 Å². The SMILES string of the molecule is CCC(C)N1CCC2(CC1)CC(=O)N(C)C2. The van der Waals surface area contributed by atoms with E-state index in [9.17, 15) is 4.79 Å². The molecule has 2 fully saturated rings. The summed E-state index contributed by atoms with van der Waals surface area (Å²) in [5.74, 6) is 0.344. The molecule has 3 heteroatoms. The van der Waals surface area contributed by atoms with E-state index in [2.05, 4.69) is 18.7 Å². The Kier molecular flexibility index (Phi) is 3.24. The van der Waals surface area contributed by atoms with E-state index >= 15 is 0 Å². The molecule has 0 aromatic heterocycles. The van der Waals surface area contributed by atoms with E-state index in [-0.39, 0.29) is 0 Å². The summed E-state index contributed by atoms with van der Waals surface area (Å²) in [6.07, 6.45) is 4.42. The molecule has 0 radical (unpaired) electrons. The fourth-order valence-electron chi connectivity index (χ4n) is 3.14. The smallest absolute Gasteiger partial charge is 0.222 e. The highest BCUT2D eigenvalue weighted by Crippen LogP contribution is 2.40. The fourth-order valence-corrected chi connectivity index (χ4v) is 3.14. The van der Waals surface area contributed by atoms with E-state index in [0.29, 0.717) is 17.4 Å². The number of carbonyl (C=O) groups excluding carboxylic acids is 1. The van der Waals surface area contributed by atoms with Crippen molar-refractivity contribution in [1.82, 2.24) is 9.80 Å². The molecule has 92 valence electrons. The zero-order valence-electron chi connectivity index (χ0n) is 10.8. The molecule has 1 unspecified atom stereocenters. The lowest BCUT2D eigenvalue weighted by atomic mass is 9.77. The van der Waals surface area contributed by atoms with Crippen LogP contribution in [0.25, 0.3) is 0 Å². The van der Waals surface area contributed by atoms with E-state index in [1.165, 1.54) is 32.4 Å². The third-order valence-corrected chi connectivity index (χ3v) is 4.60. The van der Waals surface area contributed by atoms with Gasteiger partial charge in [-0.25, -0.2) is 0 Å². The predicted molar refractivity (Wildman–Crippen MR) is 65.2 cm³/mol. The average Bonchev–Trinajstić information content (AvgIpc) is 2.54. The standard InChI is InChI=1S/C13H24N2O/c1-4-11(2)15-7-5-13(6-8-15)9-12(16)14(3)10-13/h11H,4-10H2,1-3H3. The van der Waals surface area contributed by atoms with Gasteiger partial charge in [0, 0.05) is 26.1 Å². The third-order valence-electron chi connectivity index (χ3n) is 4.60. The van der Waals surface area contributed by atoms with Gasteiger partial charge in [0.2, 0.25) is 5.91 Å². The summed E-state index contributed by atoms with van der Waals surface area (Å²) in [7, 11) is 1.94. The lowest BCUT2D eigenvalue weighted by Gasteiger charge is -2.41. The van der Waals surface area contributed by atoms with E-state index in [1.54, 1.807) is 0 Å². The molecular weight excluding hydrogens is 200 g/mol. The summed E-state index contributed by atoms with van der Waals surface area (Å²) < 4.78 is 0. The van der Waals surface area contributed by atoms with Crippen molar-refractivity contribution in [2.24, 2.45) is 5.41 Å². The predicted octanol–water partition coefficient (Wildman–Crippen LogP) is 1.73. The quantitative estimate of drug-likeness (QED) is 0.713. The molecular formula is C13H24N2O. The Morgan fingerprint density at radius 2 is 2.00 bits per heavy atom. The zero-order valence-corrected chi connectivity index (χ0v) is 10.8. The molecule has 0 bridgehead atoms. The molecule has 0 saturated carbocycles. The first-order chi connectivity index (χ1) is 7.56. The third kappa shape index (κ3) is 2.10. The minimum Gasteiger partial charge on any atom is -0.345 e. The van der Waals surface area contributed by atoms with Crippen molar-refractivity contribution in [3.05, 3.63) is 0 Å². The minimum atomic E-state index is 0.315. The summed E-state index contributed by atoms with van der Waals surface area (Å²) in [6, 6.07) is 0.701. The van der Waals surface area contributed by atoms with Crippen molar-refractivity contribution in [3.8, 4) is 0 Å². The van der Waals surface area contributed by atoms with Gasteiger partial charge in [0.25, 0.3) is 0 Å². The van der Waals surface area contributed by atoms with Crippen LogP contribution >= 0.6 is 0 Å². The van der Waals surface area contributed by atoms with Crippen molar-refractivity contribution in [3.63, 3.8) is 0 Å². The van der Waals surface area contributed by atoms with Crippen molar-refractivity contribution in [2.75, 3.05) is 26.7 Å². The van der Waals surface area contributed by atoms with Gasteiger partial charge >= 0.3 is 0 Å². The zero-order chi connectivity index (χ0) is 11.8. The molecule has 2 saturated heterocycles. The maximum absolute atomic E-state index is 11.6. The van der Waals surface area contributed by atoms with Crippen molar-refractivity contribution in [2.45, 2.75) is 45.6 Å². The van der Waals surface area contributed by atoms with Gasteiger partial charge in [-0.3, -0.25) is 4.79 Å². The van der Waals surface area contributed by atoms with Gasteiger partial charge in [0.05, 0.1) is 0 Å². The number of piperidine rings is 1. The monoisotopic (exact) mass is 224 g/mol. The van der Waals surface area contributed by atoms with Crippen LogP contribution in [0, 0.1) is 5.41 Å². The summed E-state index contributed by atoms with van der Waals surface area (Å²) >= 11 is 0. The Balaban J connectivity index is 1.92. The first-order valence-corrected chi connectivity index (χ1v) is 6.54. The van der Waals surface area contributed by atoms with E-state index in [0.717, 1.165) is 13.0 Å². The fraction of sp³-hybridized carbons (Fsp3) is 0.923. The van der Waals surface area contributed by atoms with Gasteiger partial charge in [-0.2, -0.15) is 0 Å². The summed E-state index contributed by atoms with van der Waals surface area (Å²) in [4.78, 5) is 16.1. The van der Waals surface area contributed by atoms with Crippen molar-refractivity contribution in [1.29, 1.82) is 0 Å². The molecule has 0 aliphatic carbocycles. The Morgan fingerprint density at radius 3 is 2.44 bits per heavy atom. The number of amides is 1. The van der Waals surface area contributed by atoms with Crippen LogP contribution in [0.3, 0.4) is 0 Å². The van der Waals surface area contributed by atoms with Crippen LogP contribution < -0.4 is 0 Å². The number of hydrogen-bond acceptors (Lipinski definition) is 2. The summed E-state index contributed by atoms with van der Waals surface area (Å²) in [6.45, 7) is 7.90. The number of likely N-dealkylation sites (tertiary alicyclic amines) is 2. The molecule has 2 heterocycles. The van der Waals surface area contributed by atoms with Crippen molar-refractivity contribution >= 4 is 5.91 Å². The Bertz CT molecular complexity index is 269. The number of hydrogen-bond donors (Lipinski definition) is 0. The van der Waals surface area contributed by atoms with Gasteiger partial charge < -0.3 is 9.80 Å². The molecule has 2 aliphatic heterocycles. The Morgan fingerprint density at radius 1 is 1.38 bits per heavy atom. The molecule has 1 amide bonds. The van der Waals surface area contributed by atoms with Crippen LogP contribution in [0.5, 0.6) is 0 Å². The average molecular weight is 224 g/mol. The molecule has 1 spiro atoms. The number of carbonyl (C=O) groups is 1. The second-order valence-corrected chi connectivity index (χ2v) is 5.72. The van der Waals surface area contributed by atoms with Crippen LogP contribution in [0.1, 0.15) is 39.5 Å². The molecule has 2 rings (SSSR count). The summed E-state index contributed by atoms with van der Waals surface area (Å²) in [5, 5.41) is 0. The highest BCUT2D eigenvalue weighted by molar-refractivity contribution is 5.79. The lowest BCUT2D eigenvalue weighted by Crippen LogP contribution is -2.44. The van der Waals surface area contributed by atoms with E-state index in [1.807, 2.05) is 11.9 Å². The van der Waals surface area contributed by atoms with Crippen LogP contribution in [-0.4, -0.2) is 48.4 Å². The first-order valence-electron chi connectivity index (χ1n) is 6.54. The minimum absolute atomic E-state index is 0.315. The van der Waals surface area contributed by atoms with E-state index in [4.69, 9.17) is 0 Å². The van der Waals surface area contributed by atoms with Crippen LogP contribution in [0.2, 0.25) is 0 Å². The van der Waals surface area contributed by atoms with Crippen LogP contribution in [0.4, 0.5) is 0 Å². The Hall–Kier alpha value is -0.570. The first kappa shape index (κ1) is 11.9. The van der Waals surface area contributed by atoms with Gasteiger partial charge in [-0.15, -0.1) is 0 Å². The van der Waals surface area contributed by atoms with Gasteiger partial charge in [0.15, 0.2) is 0 Å². The summed E-state index contributed by atoms with van der Waals surface area (Å²) in [5.41, 5.74) is 0.315. The molecule has 2 aliphatic rings. The highest BCUT2D eigenvalue weighted by atomic mass is 16.2. The van der Waals surface area contributed by atoms with Crippen LogP contribution in [-0.2, 0) is 4.79 Å². The van der Waals surface area contributed by atoms with Crippen molar-refractivity contribution < 1.29 is 4.79 Å². The second kappa shape index (κ2) is 4.36. The molecule has 0 aromatic carbocycles. The molecule has 3 nitrogen and oxygen atoms in total. The van der Waals surface area contributed by atoms with E-state index < -0.39 is 0 Å². The maximum atomic E-state index is 11.6. The molecule has 0 N–H and O–H groups in total. The van der Waals surface area contributed by atoms with Gasteiger partial charge in [-0.05, 0) is 44.7 Å². The molecule has 0 aromatic rings. The normalized spacial score (nSPS) is 27.7. The number of nitrogens with zero attached hydrogens (tertiary/aromatic N) is 2. The number of rotatable bonds is 2. The highest BCUT2D eigenvalue weighted by Gasteiger charge is 2.43.